The molecule has 2 N–H and O–H groups in total. The highest BCUT2D eigenvalue weighted by Gasteiger charge is 2.24. The number of thiophene rings is 1. The minimum atomic E-state index is -0.549. The van der Waals surface area contributed by atoms with E-state index < -0.39 is 6.10 Å². The first kappa shape index (κ1) is 16.4. The Morgan fingerprint density at radius 2 is 2.29 bits per heavy atom. The van der Waals surface area contributed by atoms with Crippen LogP contribution >= 0.6 is 23.7 Å². The van der Waals surface area contributed by atoms with Crippen molar-refractivity contribution in [1.82, 2.24) is 4.90 Å². The van der Waals surface area contributed by atoms with Crippen molar-refractivity contribution in [1.29, 1.82) is 0 Å². The molecule has 17 heavy (non-hydrogen) atoms. The Morgan fingerprint density at radius 1 is 1.65 bits per heavy atom. The van der Waals surface area contributed by atoms with E-state index in [1.54, 1.807) is 23.3 Å². The molecule has 1 aromatic rings. The fourth-order valence-electron chi connectivity index (χ4n) is 1.44. The SMILES string of the molecule is COC(CN)C(=O)N(C)C(C)c1cccs1.Cl. The van der Waals surface area contributed by atoms with Gasteiger partial charge in [0.15, 0.2) is 0 Å². The van der Waals surface area contributed by atoms with Crippen molar-refractivity contribution in [3.8, 4) is 0 Å². The van der Waals surface area contributed by atoms with Gasteiger partial charge < -0.3 is 15.4 Å². The normalized spacial score (nSPS) is 13.6. The first-order chi connectivity index (χ1) is 7.61. The molecular weight excluding hydrogens is 260 g/mol. The fraction of sp³-hybridized carbons (Fsp3) is 0.545. The molecule has 0 aliphatic carbocycles. The molecule has 1 heterocycles. The second kappa shape index (κ2) is 7.66. The van der Waals surface area contributed by atoms with Crippen molar-refractivity contribution in [2.75, 3.05) is 20.7 Å². The number of hydrogen-bond donors (Lipinski definition) is 1. The lowest BCUT2D eigenvalue weighted by molar-refractivity contribution is -0.141. The molecule has 0 spiro atoms. The van der Waals surface area contributed by atoms with E-state index in [0.29, 0.717) is 0 Å². The Balaban J connectivity index is 0.00000256. The van der Waals surface area contributed by atoms with Gasteiger partial charge in [-0.2, -0.15) is 0 Å². The summed E-state index contributed by atoms with van der Waals surface area (Å²) in [6, 6.07) is 4.05. The quantitative estimate of drug-likeness (QED) is 0.891. The molecule has 1 rings (SSSR count). The number of methoxy groups -OCH3 is 1. The first-order valence-corrected chi connectivity index (χ1v) is 6.02. The maximum absolute atomic E-state index is 12.0. The summed E-state index contributed by atoms with van der Waals surface area (Å²) >= 11 is 1.64. The van der Waals surface area contributed by atoms with Gasteiger partial charge in [-0.15, -0.1) is 23.7 Å². The van der Waals surface area contributed by atoms with Gasteiger partial charge in [0, 0.05) is 25.6 Å². The molecule has 98 valence electrons. The smallest absolute Gasteiger partial charge is 0.253 e. The summed E-state index contributed by atoms with van der Waals surface area (Å²) in [4.78, 5) is 14.8. The number of carbonyl (C=O) groups excluding carboxylic acids is 1. The lowest BCUT2D eigenvalue weighted by Gasteiger charge is -2.27. The third kappa shape index (κ3) is 3.96. The van der Waals surface area contributed by atoms with Crippen LogP contribution in [0.15, 0.2) is 17.5 Å². The van der Waals surface area contributed by atoms with Gasteiger partial charge in [0.05, 0.1) is 6.04 Å². The number of hydrogen-bond acceptors (Lipinski definition) is 4. The molecule has 0 radical (unpaired) electrons. The number of carbonyl (C=O) groups is 1. The second-order valence-corrected chi connectivity index (χ2v) is 4.58. The summed E-state index contributed by atoms with van der Waals surface area (Å²) in [6.07, 6.45) is -0.549. The van der Waals surface area contributed by atoms with Crippen LogP contribution in [0.5, 0.6) is 0 Å². The van der Waals surface area contributed by atoms with Gasteiger partial charge in [0.25, 0.3) is 5.91 Å². The zero-order valence-electron chi connectivity index (χ0n) is 10.3. The van der Waals surface area contributed by atoms with Crippen molar-refractivity contribution in [3.63, 3.8) is 0 Å². The number of ether oxygens (including phenoxy) is 1. The predicted octanol–water partition coefficient (Wildman–Crippen LogP) is 1.66. The van der Waals surface area contributed by atoms with E-state index in [1.165, 1.54) is 7.11 Å². The van der Waals surface area contributed by atoms with E-state index in [-0.39, 0.29) is 30.9 Å². The molecule has 2 unspecified atom stereocenters. The zero-order chi connectivity index (χ0) is 12.1. The summed E-state index contributed by atoms with van der Waals surface area (Å²) < 4.78 is 5.04. The van der Waals surface area contributed by atoms with Crippen LogP contribution in [-0.4, -0.2) is 37.6 Å². The summed E-state index contributed by atoms with van der Waals surface area (Å²) in [5.74, 6) is -0.0779. The number of nitrogens with two attached hydrogens (primary N) is 1. The number of likely N-dealkylation sites (N-methyl/N-ethyl adjacent to an activating group) is 1. The fourth-order valence-corrected chi connectivity index (χ4v) is 2.26. The summed E-state index contributed by atoms with van der Waals surface area (Å²) in [6.45, 7) is 2.20. The first-order valence-electron chi connectivity index (χ1n) is 5.14. The third-order valence-electron chi connectivity index (χ3n) is 2.66. The Labute approximate surface area is 112 Å². The molecule has 0 saturated heterocycles. The summed E-state index contributed by atoms with van der Waals surface area (Å²) in [7, 11) is 3.27. The minimum absolute atomic E-state index is 0. The minimum Gasteiger partial charge on any atom is -0.370 e. The van der Waals surface area contributed by atoms with Crippen LogP contribution in [0.4, 0.5) is 0 Å². The zero-order valence-corrected chi connectivity index (χ0v) is 11.9. The summed E-state index contributed by atoms with van der Waals surface area (Å²) in [5.41, 5.74) is 5.47. The molecule has 6 heteroatoms. The lowest BCUT2D eigenvalue weighted by atomic mass is 10.2. The van der Waals surface area contributed by atoms with Crippen molar-refractivity contribution >= 4 is 29.7 Å². The second-order valence-electron chi connectivity index (χ2n) is 3.60. The Morgan fingerprint density at radius 3 is 2.71 bits per heavy atom. The van der Waals surface area contributed by atoms with Gasteiger partial charge in [0.2, 0.25) is 0 Å². The van der Waals surface area contributed by atoms with Gasteiger partial charge in [-0.25, -0.2) is 0 Å². The van der Waals surface area contributed by atoms with Gasteiger partial charge in [0.1, 0.15) is 6.10 Å². The Bertz CT molecular complexity index is 328. The van der Waals surface area contributed by atoms with Crippen LogP contribution in [-0.2, 0) is 9.53 Å². The van der Waals surface area contributed by atoms with Gasteiger partial charge in [-0.1, -0.05) is 6.07 Å². The molecule has 0 bridgehead atoms. The average molecular weight is 279 g/mol. The maximum atomic E-state index is 12.0. The molecule has 0 fully saturated rings. The van der Waals surface area contributed by atoms with Crippen molar-refractivity contribution in [2.45, 2.75) is 19.1 Å². The maximum Gasteiger partial charge on any atom is 0.253 e. The molecular formula is C11H19ClN2O2S. The standard InChI is InChI=1S/C11H18N2O2S.ClH/c1-8(10-5-4-6-16-10)13(2)11(14)9(7-12)15-3;/h4-6,8-9H,7,12H2,1-3H3;1H. The molecule has 0 aliphatic heterocycles. The highest BCUT2D eigenvalue weighted by atomic mass is 35.5. The van der Waals surface area contributed by atoms with E-state index >= 15 is 0 Å². The number of amides is 1. The average Bonchev–Trinajstić information content (AvgIpc) is 2.82. The summed E-state index contributed by atoms with van der Waals surface area (Å²) in [5, 5.41) is 2.00. The van der Waals surface area contributed by atoms with Crippen LogP contribution in [0.1, 0.15) is 17.8 Å². The monoisotopic (exact) mass is 278 g/mol. The largest absolute Gasteiger partial charge is 0.370 e. The molecule has 4 nitrogen and oxygen atoms in total. The van der Waals surface area contributed by atoms with E-state index in [4.69, 9.17) is 10.5 Å². The highest BCUT2D eigenvalue weighted by Crippen LogP contribution is 2.23. The lowest BCUT2D eigenvalue weighted by Crippen LogP contribution is -2.42. The Hall–Kier alpha value is -0.620. The molecule has 0 aromatic carbocycles. The van der Waals surface area contributed by atoms with E-state index in [2.05, 4.69) is 0 Å². The van der Waals surface area contributed by atoms with Crippen LogP contribution < -0.4 is 5.73 Å². The van der Waals surface area contributed by atoms with Gasteiger partial charge >= 0.3 is 0 Å². The molecule has 2 atom stereocenters. The number of nitrogens with zero attached hydrogens (tertiary/aromatic N) is 1. The van der Waals surface area contributed by atoms with Crippen LogP contribution in [0.25, 0.3) is 0 Å². The van der Waals surface area contributed by atoms with Crippen molar-refractivity contribution < 1.29 is 9.53 Å². The number of halogens is 1. The van der Waals surface area contributed by atoms with Gasteiger partial charge in [-0.05, 0) is 18.4 Å². The number of rotatable bonds is 5. The highest BCUT2D eigenvalue weighted by molar-refractivity contribution is 7.10. The van der Waals surface area contributed by atoms with E-state index in [0.717, 1.165) is 4.88 Å². The third-order valence-corrected chi connectivity index (χ3v) is 3.70. The molecule has 1 amide bonds. The van der Waals surface area contributed by atoms with Gasteiger partial charge in [-0.3, -0.25) is 4.79 Å². The van der Waals surface area contributed by atoms with Crippen LogP contribution in [0.3, 0.4) is 0 Å². The molecule has 0 aliphatic rings. The molecule has 1 aromatic heterocycles. The van der Waals surface area contributed by atoms with E-state index in [1.807, 2.05) is 24.4 Å². The molecule has 0 saturated carbocycles. The van der Waals surface area contributed by atoms with Crippen molar-refractivity contribution in [3.05, 3.63) is 22.4 Å². The van der Waals surface area contributed by atoms with Crippen molar-refractivity contribution in [2.24, 2.45) is 5.73 Å². The van der Waals surface area contributed by atoms with Crippen LogP contribution in [0, 0.1) is 0 Å². The van der Waals surface area contributed by atoms with Crippen LogP contribution in [0.2, 0.25) is 0 Å². The van der Waals surface area contributed by atoms with E-state index in [9.17, 15) is 4.79 Å². The Kier molecular flexibility index (Phi) is 7.38. The predicted molar refractivity (Wildman–Crippen MR) is 72.6 cm³/mol. The topological polar surface area (TPSA) is 55.6 Å².